The van der Waals surface area contributed by atoms with Crippen LogP contribution in [0.1, 0.15) is 63.7 Å². The zero-order valence-corrected chi connectivity index (χ0v) is 38.3. The molecule has 0 fully saturated rings. The first kappa shape index (κ1) is 46.1. The number of carboxylic acid groups (broad SMARTS) is 4. The van der Waals surface area contributed by atoms with E-state index in [1.165, 1.54) is 97.1 Å². The molecule has 0 spiro atoms. The molecular formula is C44H36N2O14PbS2. The van der Waals surface area contributed by atoms with Crippen molar-refractivity contribution in [2.24, 2.45) is 0 Å². The zero-order valence-electron chi connectivity index (χ0n) is 32.8. The van der Waals surface area contributed by atoms with Crippen molar-refractivity contribution < 1.29 is 60.7 Å². The first-order chi connectivity index (χ1) is 30.0. The van der Waals surface area contributed by atoms with Gasteiger partial charge < -0.3 is 20.4 Å². The molecule has 16 nitrogen and oxygen atoms in total. The summed E-state index contributed by atoms with van der Waals surface area (Å²) >= 11 is -3.30. The second-order valence-corrected chi connectivity index (χ2v) is 21.5. The number of anilines is 2. The molecule has 0 bridgehead atoms. The molecule has 6 aromatic carbocycles. The van der Waals surface area contributed by atoms with Gasteiger partial charge in [-0.2, -0.15) is 0 Å². The van der Waals surface area contributed by atoms with Crippen molar-refractivity contribution in [2.45, 2.75) is 36.0 Å². The normalized spacial score (nSPS) is 11.4. The van der Waals surface area contributed by atoms with Crippen LogP contribution in [0.25, 0.3) is 0 Å². The molecule has 0 aliphatic carbocycles. The topological polar surface area (TPSA) is 242 Å². The fraction of sp³-hybridized carbons (Fsp3) is 0.0909. The summed E-state index contributed by atoms with van der Waals surface area (Å²) in [5.74, 6) is -4.32. The molecule has 4 N–H and O–H groups in total. The van der Waals surface area contributed by atoms with Crippen molar-refractivity contribution in [3.05, 3.63) is 190 Å². The van der Waals surface area contributed by atoms with Crippen molar-refractivity contribution in [2.75, 3.05) is 9.80 Å². The van der Waals surface area contributed by atoms with Gasteiger partial charge in [-0.3, -0.25) is 0 Å². The molecule has 0 saturated heterocycles. The molecule has 0 atom stereocenters. The molecule has 0 amide bonds. The summed E-state index contributed by atoms with van der Waals surface area (Å²) in [6, 6.07) is 36.2. The van der Waals surface area contributed by atoms with Crippen LogP contribution in [-0.4, -0.2) is 86.3 Å². The maximum atomic E-state index is 13.2. The summed E-state index contributed by atoms with van der Waals surface area (Å²) in [4.78, 5) is 48.7. The molecule has 0 saturated carbocycles. The van der Waals surface area contributed by atoms with Crippen molar-refractivity contribution in [1.82, 2.24) is 0 Å². The van der Waals surface area contributed by atoms with Crippen molar-refractivity contribution in [1.29, 1.82) is 0 Å². The number of rotatable bonds is 20. The molecule has 0 heterocycles. The van der Waals surface area contributed by atoms with Crippen LogP contribution >= 0.6 is 0 Å². The fourth-order valence-corrected chi connectivity index (χ4v) is 12.9. The number of benzene rings is 6. The number of carboxylic acids is 4. The first-order valence-electron chi connectivity index (χ1n) is 18.6. The molecule has 6 aromatic rings. The first-order valence-corrected chi connectivity index (χ1v) is 24.6. The second kappa shape index (κ2) is 20.2. The summed E-state index contributed by atoms with van der Waals surface area (Å²) in [5.41, 5.74) is 4.52. The average molecular weight is 1090 g/mol. The van der Waals surface area contributed by atoms with Gasteiger partial charge in [0.05, 0.1) is 0 Å². The molecule has 0 aliphatic heterocycles. The quantitative estimate of drug-likeness (QED) is 0.0594. The van der Waals surface area contributed by atoms with E-state index in [4.69, 9.17) is 4.27 Å². The third-order valence-electron chi connectivity index (χ3n) is 9.57. The Bertz CT molecular complexity index is 2510. The third kappa shape index (κ3) is 12.4. The number of carbonyl (C=O) groups is 4. The van der Waals surface area contributed by atoms with E-state index in [2.05, 4.69) is 0 Å². The number of hydrogen-bond donors (Lipinski definition) is 4. The van der Waals surface area contributed by atoms with E-state index in [0.717, 1.165) is 22.3 Å². The summed E-state index contributed by atoms with van der Waals surface area (Å²) < 4.78 is 63.1. The van der Waals surface area contributed by atoms with Gasteiger partial charge in [-0.1, -0.05) is 0 Å². The molecule has 322 valence electrons. The number of aromatic carboxylic acids is 4. The Balaban J connectivity index is 1.13. The third-order valence-corrected chi connectivity index (χ3v) is 18.5. The van der Waals surface area contributed by atoms with E-state index in [1.54, 1.807) is 48.5 Å². The summed E-state index contributed by atoms with van der Waals surface area (Å²) in [6.07, 6.45) is 0. The average Bonchev–Trinajstić information content (AvgIpc) is 3.26. The summed E-state index contributed by atoms with van der Waals surface area (Å²) in [5, 5.41) is 37.2. The Morgan fingerprint density at radius 1 is 0.381 bits per heavy atom. The zero-order chi connectivity index (χ0) is 45.3. The molecular weight excluding hydrogens is 1050 g/mol. The van der Waals surface area contributed by atoms with Crippen LogP contribution in [0.5, 0.6) is 0 Å². The number of nitrogens with zero attached hydrogens (tertiary/aromatic N) is 2. The summed E-state index contributed by atoms with van der Waals surface area (Å²) in [7, 11) is -8.90. The van der Waals surface area contributed by atoms with E-state index in [0.29, 0.717) is 11.4 Å². The number of hydrogen-bond acceptors (Lipinski definition) is 12. The van der Waals surface area contributed by atoms with Crippen molar-refractivity contribution >= 4 is 80.6 Å². The van der Waals surface area contributed by atoms with Gasteiger partial charge in [-0.05, 0) is 0 Å². The second-order valence-electron chi connectivity index (χ2n) is 13.9. The van der Waals surface area contributed by atoms with E-state index in [1.807, 2.05) is 9.80 Å². The van der Waals surface area contributed by atoms with Gasteiger partial charge in [0.25, 0.3) is 0 Å². The van der Waals surface area contributed by atoms with E-state index in [-0.39, 0.29) is 58.2 Å². The molecule has 63 heavy (non-hydrogen) atoms. The monoisotopic (exact) mass is 1090 g/mol. The van der Waals surface area contributed by atoms with Crippen LogP contribution in [0.2, 0.25) is 0 Å². The van der Waals surface area contributed by atoms with Crippen LogP contribution in [0.4, 0.5) is 11.4 Å². The van der Waals surface area contributed by atoms with E-state index < -0.39 is 69.3 Å². The van der Waals surface area contributed by atoms with Crippen LogP contribution < -0.4 is 9.80 Å². The summed E-state index contributed by atoms with van der Waals surface area (Å²) in [6.45, 7) is 1.09. The van der Waals surface area contributed by atoms with Crippen LogP contribution in [-0.2, 0) is 50.7 Å². The molecule has 19 heteroatoms. The van der Waals surface area contributed by atoms with Crippen molar-refractivity contribution in [3.8, 4) is 0 Å². The minimum absolute atomic E-state index is 0.103. The van der Waals surface area contributed by atoms with Crippen LogP contribution in [0, 0.1) is 0 Å². The standard InChI is InChI=1S/2C22H19NO7S.Pb/c2*24-21(25)17-5-1-15(2-6-17)13-23(14-16-3-7-18(8-4-16)22(26)27)19-9-11-20(12-10-19)31(28,29)30;/h2*1-12H,13-14H2,(H,24,25)(H,26,27)(H,28,29,30);/q;;+2/p-2. The van der Waals surface area contributed by atoms with Crippen molar-refractivity contribution in [3.63, 3.8) is 0 Å². The Kier molecular flexibility index (Phi) is 14.7. The van der Waals surface area contributed by atoms with Crippen LogP contribution in [0.15, 0.2) is 155 Å². The molecule has 0 aromatic heterocycles. The predicted octanol–water partition coefficient (Wildman–Crippen LogP) is 6.54. The molecule has 0 aliphatic rings. The fourth-order valence-electron chi connectivity index (χ4n) is 6.22. The van der Waals surface area contributed by atoms with Gasteiger partial charge in [-0.25, -0.2) is 19.2 Å². The van der Waals surface area contributed by atoms with Gasteiger partial charge >= 0.3 is 338 Å². The Hall–Kier alpha value is -6.46. The van der Waals surface area contributed by atoms with Gasteiger partial charge in [0, 0.05) is 0 Å². The Morgan fingerprint density at radius 2 is 0.603 bits per heavy atom. The Morgan fingerprint density at radius 3 is 0.810 bits per heavy atom. The SMILES string of the molecule is O=C(O)c1ccc(CN(Cc2ccc(C(=O)O)cc2)c2ccc(S(=O)(=O)[O][Pb][O]S(=O)(=O)c3ccc(N(Cc4ccc(C(=O)O)cc4)Cc4ccc(C(=O)O)cc4)cc3)cc2)cc1. The molecule has 6 rings (SSSR count). The molecule has 2 radical (unpaired) electrons. The van der Waals surface area contributed by atoms with E-state index >= 15 is 0 Å². The van der Waals surface area contributed by atoms with Gasteiger partial charge in [0.2, 0.25) is 0 Å². The van der Waals surface area contributed by atoms with E-state index in [9.17, 15) is 56.4 Å². The maximum absolute atomic E-state index is 13.2. The van der Waals surface area contributed by atoms with Gasteiger partial charge in [0.1, 0.15) is 0 Å². The minimum atomic E-state index is -4.45. The molecule has 0 unspecified atom stereocenters. The van der Waals surface area contributed by atoms with Gasteiger partial charge in [0.15, 0.2) is 0 Å². The Labute approximate surface area is 375 Å². The van der Waals surface area contributed by atoms with Crippen LogP contribution in [0.3, 0.4) is 0 Å². The van der Waals surface area contributed by atoms with Gasteiger partial charge in [-0.15, -0.1) is 0 Å². The predicted molar refractivity (Wildman–Crippen MR) is 229 cm³/mol.